The van der Waals surface area contributed by atoms with Crippen molar-refractivity contribution in [3.8, 4) is 22.8 Å². The Morgan fingerprint density at radius 2 is 1.94 bits per heavy atom. The zero-order chi connectivity index (χ0) is 23.3. The monoisotopic (exact) mass is 486 g/mol. The van der Waals surface area contributed by atoms with Crippen molar-refractivity contribution in [1.82, 2.24) is 9.29 Å². The molecule has 0 amide bonds. The molecule has 3 aromatic rings. The number of piperidine rings is 1. The normalized spacial score (nSPS) is 15.1. The molecule has 0 saturated carbocycles. The fourth-order valence-corrected chi connectivity index (χ4v) is 5.74. The summed E-state index contributed by atoms with van der Waals surface area (Å²) in [6.45, 7) is 3.48. The summed E-state index contributed by atoms with van der Waals surface area (Å²) in [5.41, 5.74) is 5.24. The molecule has 0 atom stereocenters. The first-order chi connectivity index (χ1) is 16.0. The van der Waals surface area contributed by atoms with E-state index in [1.807, 2.05) is 12.3 Å². The summed E-state index contributed by atoms with van der Waals surface area (Å²) in [4.78, 5) is 4.84. The Morgan fingerprint density at radius 1 is 1.18 bits per heavy atom. The Bertz CT molecular complexity index is 1220. The van der Waals surface area contributed by atoms with Crippen LogP contribution in [0.4, 0.5) is 5.13 Å². The number of nitrogens with zero attached hydrogens (tertiary/aromatic N) is 3. The second kappa shape index (κ2) is 10.3. The molecule has 0 radical (unpaired) electrons. The van der Waals surface area contributed by atoms with Gasteiger partial charge in [0.15, 0.2) is 11.5 Å². The van der Waals surface area contributed by atoms with Crippen LogP contribution in [0.25, 0.3) is 11.3 Å². The molecule has 8 nitrogen and oxygen atoms in total. The van der Waals surface area contributed by atoms with E-state index in [2.05, 4.69) is 15.5 Å². The van der Waals surface area contributed by atoms with Gasteiger partial charge >= 0.3 is 0 Å². The maximum Gasteiger partial charge on any atom is 0.243 e. The lowest BCUT2D eigenvalue weighted by Crippen LogP contribution is -2.35. The van der Waals surface area contributed by atoms with Crippen LogP contribution in [-0.2, 0) is 10.0 Å². The quantitative estimate of drug-likeness (QED) is 0.358. The third kappa shape index (κ3) is 5.52. The minimum Gasteiger partial charge on any atom is -0.504 e. The number of hydrazone groups is 1. The van der Waals surface area contributed by atoms with Crippen molar-refractivity contribution in [2.24, 2.45) is 5.10 Å². The summed E-state index contributed by atoms with van der Waals surface area (Å²) < 4.78 is 32.6. The lowest BCUT2D eigenvalue weighted by molar-refractivity contribution is 0.318. The number of thiazole rings is 1. The first-order valence-electron chi connectivity index (χ1n) is 10.8. The number of ether oxygens (including phenoxy) is 1. The van der Waals surface area contributed by atoms with E-state index in [0.717, 1.165) is 36.1 Å². The highest BCUT2D eigenvalue weighted by atomic mass is 32.2. The van der Waals surface area contributed by atoms with Gasteiger partial charge in [-0.2, -0.15) is 9.41 Å². The van der Waals surface area contributed by atoms with Crippen molar-refractivity contribution in [1.29, 1.82) is 0 Å². The van der Waals surface area contributed by atoms with E-state index in [1.165, 1.54) is 11.3 Å². The predicted molar refractivity (Wildman–Crippen MR) is 131 cm³/mol. The Balaban J connectivity index is 1.41. The molecule has 1 fully saturated rings. The first-order valence-corrected chi connectivity index (χ1v) is 13.1. The minimum absolute atomic E-state index is 0.0845. The van der Waals surface area contributed by atoms with E-state index in [4.69, 9.17) is 4.74 Å². The fraction of sp³-hybridized carbons (Fsp3) is 0.304. The molecule has 174 valence electrons. The molecule has 1 saturated heterocycles. The maximum atomic E-state index is 12.8. The van der Waals surface area contributed by atoms with Crippen LogP contribution in [0.3, 0.4) is 0 Å². The van der Waals surface area contributed by atoms with Crippen LogP contribution in [0, 0.1) is 0 Å². The molecule has 0 unspecified atom stereocenters. The highest BCUT2D eigenvalue weighted by Crippen LogP contribution is 2.28. The second-order valence-corrected chi connectivity index (χ2v) is 10.4. The van der Waals surface area contributed by atoms with Gasteiger partial charge in [0.25, 0.3) is 0 Å². The van der Waals surface area contributed by atoms with Gasteiger partial charge < -0.3 is 9.84 Å². The molecule has 4 rings (SSSR count). The third-order valence-electron chi connectivity index (χ3n) is 5.26. The van der Waals surface area contributed by atoms with Gasteiger partial charge in [0.2, 0.25) is 15.2 Å². The molecule has 10 heteroatoms. The summed E-state index contributed by atoms with van der Waals surface area (Å²) in [5, 5.41) is 16.5. The molecule has 0 spiro atoms. The lowest BCUT2D eigenvalue weighted by Gasteiger charge is -2.25. The molecule has 1 aliphatic heterocycles. The summed E-state index contributed by atoms with van der Waals surface area (Å²) >= 11 is 1.40. The van der Waals surface area contributed by atoms with Crippen LogP contribution in [0.15, 0.2) is 57.8 Å². The van der Waals surface area contributed by atoms with E-state index in [0.29, 0.717) is 35.5 Å². The molecule has 0 bridgehead atoms. The van der Waals surface area contributed by atoms with Crippen molar-refractivity contribution in [3.05, 3.63) is 53.4 Å². The van der Waals surface area contributed by atoms with Crippen molar-refractivity contribution in [3.63, 3.8) is 0 Å². The third-order valence-corrected chi connectivity index (χ3v) is 7.92. The maximum absolute atomic E-state index is 12.8. The summed E-state index contributed by atoms with van der Waals surface area (Å²) in [6.07, 6.45) is 4.52. The van der Waals surface area contributed by atoms with Crippen LogP contribution in [0.5, 0.6) is 11.5 Å². The number of nitrogens with one attached hydrogen (secondary N) is 1. The zero-order valence-electron chi connectivity index (χ0n) is 18.3. The van der Waals surface area contributed by atoms with Gasteiger partial charge in [-0.15, -0.1) is 11.3 Å². The zero-order valence-corrected chi connectivity index (χ0v) is 19.9. The highest BCUT2D eigenvalue weighted by Gasteiger charge is 2.25. The standard InChI is InChI=1S/C23H26N4O4S2/c1-2-31-22-14-17(6-11-21(22)28)15-24-26-23-25-20(16-32-23)18-7-9-19(10-8-18)33(29,30)27-12-4-3-5-13-27/h6-11,14-16,28H,2-5,12-13H2,1H3,(H,25,26). The van der Waals surface area contributed by atoms with Crippen LogP contribution in [-0.4, -0.2) is 48.7 Å². The topological polar surface area (TPSA) is 104 Å². The smallest absolute Gasteiger partial charge is 0.243 e. The summed E-state index contributed by atoms with van der Waals surface area (Å²) in [6, 6.07) is 11.8. The molecule has 1 aromatic heterocycles. The van der Waals surface area contributed by atoms with Gasteiger partial charge in [-0.25, -0.2) is 13.4 Å². The van der Waals surface area contributed by atoms with E-state index < -0.39 is 10.0 Å². The predicted octanol–water partition coefficient (Wildman–Crippen LogP) is 4.54. The van der Waals surface area contributed by atoms with Gasteiger partial charge in [0, 0.05) is 24.0 Å². The largest absolute Gasteiger partial charge is 0.504 e. The number of sulfonamides is 1. The number of aromatic nitrogens is 1. The Morgan fingerprint density at radius 3 is 2.67 bits per heavy atom. The van der Waals surface area contributed by atoms with E-state index >= 15 is 0 Å². The Hall–Kier alpha value is -2.95. The summed E-state index contributed by atoms with van der Waals surface area (Å²) in [7, 11) is -3.44. The van der Waals surface area contributed by atoms with Crippen LogP contribution in [0.2, 0.25) is 0 Å². The molecule has 33 heavy (non-hydrogen) atoms. The van der Waals surface area contributed by atoms with E-state index in [9.17, 15) is 13.5 Å². The lowest BCUT2D eigenvalue weighted by atomic mass is 10.2. The molecule has 2 N–H and O–H groups in total. The van der Waals surface area contributed by atoms with Crippen molar-refractivity contribution >= 4 is 32.7 Å². The molecule has 0 aliphatic carbocycles. The Labute approximate surface area is 197 Å². The van der Waals surface area contributed by atoms with Crippen molar-refractivity contribution < 1.29 is 18.3 Å². The molecule has 1 aliphatic rings. The second-order valence-electron chi connectivity index (χ2n) is 7.56. The molecule has 2 aromatic carbocycles. The van der Waals surface area contributed by atoms with Gasteiger partial charge in [0.1, 0.15) is 0 Å². The van der Waals surface area contributed by atoms with Gasteiger partial charge in [0.05, 0.1) is 23.4 Å². The number of rotatable bonds is 8. The van der Waals surface area contributed by atoms with Crippen LogP contribution < -0.4 is 10.2 Å². The number of phenols is 1. The van der Waals surface area contributed by atoms with E-state index in [1.54, 1.807) is 53.0 Å². The average Bonchev–Trinajstić information content (AvgIpc) is 3.31. The summed E-state index contributed by atoms with van der Waals surface area (Å²) in [5.74, 6) is 0.491. The number of hydrogen-bond acceptors (Lipinski definition) is 8. The average molecular weight is 487 g/mol. The molecular weight excluding hydrogens is 460 g/mol. The SMILES string of the molecule is CCOc1cc(C=NNc2nc(-c3ccc(S(=O)(=O)N4CCCCC4)cc3)cs2)ccc1O. The number of benzene rings is 2. The first kappa shape index (κ1) is 23.2. The highest BCUT2D eigenvalue weighted by molar-refractivity contribution is 7.89. The molecule has 2 heterocycles. The fourth-order valence-electron chi connectivity index (χ4n) is 3.55. The van der Waals surface area contributed by atoms with Gasteiger partial charge in [-0.1, -0.05) is 18.6 Å². The minimum atomic E-state index is -3.44. The Kier molecular flexibility index (Phi) is 7.26. The van der Waals surface area contributed by atoms with Gasteiger partial charge in [-0.05, 0) is 55.7 Å². The van der Waals surface area contributed by atoms with Crippen molar-refractivity contribution in [2.75, 3.05) is 25.1 Å². The molecular formula is C23H26N4O4S2. The van der Waals surface area contributed by atoms with Crippen LogP contribution >= 0.6 is 11.3 Å². The van der Waals surface area contributed by atoms with Crippen LogP contribution in [0.1, 0.15) is 31.7 Å². The van der Waals surface area contributed by atoms with Gasteiger partial charge in [-0.3, -0.25) is 5.43 Å². The van der Waals surface area contributed by atoms with Crippen molar-refractivity contribution in [2.45, 2.75) is 31.1 Å². The number of aromatic hydroxyl groups is 1. The number of anilines is 1. The van der Waals surface area contributed by atoms with E-state index in [-0.39, 0.29) is 5.75 Å². The number of phenolic OH excluding ortho intramolecular Hbond substituents is 1. The number of hydrogen-bond donors (Lipinski definition) is 2.